The summed E-state index contributed by atoms with van der Waals surface area (Å²) in [6.07, 6.45) is 1.45. The van der Waals surface area contributed by atoms with E-state index in [1.807, 2.05) is 0 Å². The average molecular weight is 430 g/mol. The Hall–Kier alpha value is -4.26. The Morgan fingerprint density at radius 1 is 0.938 bits per heavy atom. The maximum atomic E-state index is 15.0. The fraction of sp³-hybridized carbons (Fsp3) is 0.0400. The summed E-state index contributed by atoms with van der Waals surface area (Å²) in [4.78, 5) is 27.7. The van der Waals surface area contributed by atoms with Gasteiger partial charge in [0.2, 0.25) is 0 Å². The van der Waals surface area contributed by atoms with Gasteiger partial charge in [-0.05, 0) is 29.7 Å². The number of carboxylic acids is 1. The number of nitrogens with zero attached hydrogens (tertiary/aromatic N) is 1. The Morgan fingerprint density at radius 2 is 1.66 bits per heavy atom. The summed E-state index contributed by atoms with van der Waals surface area (Å²) in [5.74, 6) is -2.35. The zero-order chi connectivity index (χ0) is 22.4. The number of fused-ring (bicyclic) bond motifs is 3. The smallest absolute Gasteiger partial charge is 0.353 e. The van der Waals surface area contributed by atoms with Crippen LogP contribution in [0.4, 0.5) is 8.78 Å². The minimum absolute atomic E-state index is 0.138. The molecule has 158 valence electrons. The van der Waals surface area contributed by atoms with Gasteiger partial charge in [0.15, 0.2) is 0 Å². The molecule has 0 fully saturated rings. The van der Waals surface area contributed by atoms with E-state index in [4.69, 9.17) is 0 Å². The summed E-state index contributed by atoms with van der Waals surface area (Å²) in [6.45, 7) is -0.146. The first-order valence-corrected chi connectivity index (χ1v) is 9.85. The van der Waals surface area contributed by atoms with Gasteiger partial charge in [0.05, 0.1) is 17.6 Å². The number of benzene rings is 3. The van der Waals surface area contributed by atoms with Crippen LogP contribution in [-0.4, -0.2) is 20.6 Å². The molecule has 5 rings (SSSR count). The lowest BCUT2D eigenvalue weighted by atomic mass is 9.98. The van der Waals surface area contributed by atoms with Crippen molar-refractivity contribution in [3.8, 4) is 11.1 Å². The van der Waals surface area contributed by atoms with Crippen LogP contribution in [-0.2, 0) is 6.54 Å². The molecule has 2 N–H and O–H groups in total. The van der Waals surface area contributed by atoms with Crippen LogP contribution in [0.1, 0.15) is 16.1 Å². The first-order valence-electron chi connectivity index (χ1n) is 9.85. The monoisotopic (exact) mass is 430 g/mol. The van der Waals surface area contributed by atoms with E-state index in [2.05, 4.69) is 4.98 Å². The minimum Gasteiger partial charge on any atom is -0.477 e. The molecule has 0 aliphatic carbocycles. The topological polar surface area (TPSA) is 75.1 Å². The number of nitrogens with one attached hydrogen (secondary N) is 1. The first kappa shape index (κ1) is 19.7. The maximum absolute atomic E-state index is 15.0. The van der Waals surface area contributed by atoms with Crippen LogP contribution in [0.2, 0.25) is 0 Å². The van der Waals surface area contributed by atoms with E-state index in [0.717, 1.165) is 0 Å². The molecule has 0 bridgehead atoms. The van der Waals surface area contributed by atoms with Crippen molar-refractivity contribution in [2.24, 2.45) is 0 Å². The fourth-order valence-corrected chi connectivity index (χ4v) is 4.23. The van der Waals surface area contributed by atoms with Crippen molar-refractivity contribution in [2.75, 3.05) is 0 Å². The van der Waals surface area contributed by atoms with Crippen molar-refractivity contribution < 1.29 is 18.7 Å². The van der Waals surface area contributed by atoms with Gasteiger partial charge in [-0.3, -0.25) is 4.79 Å². The van der Waals surface area contributed by atoms with Gasteiger partial charge in [-0.15, -0.1) is 0 Å². The second kappa shape index (κ2) is 7.46. The predicted octanol–water partition coefficient (Wildman–Crippen LogP) is 5.17. The third-order valence-electron chi connectivity index (χ3n) is 5.60. The van der Waals surface area contributed by atoms with Gasteiger partial charge in [0, 0.05) is 28.1 Å². The highest BCUT2D eigenvalue weighted by Gasteiger charge is 2.27. The lowest BCUT2D eigenvalue weighted by Crippen LogP contribution is -2.14. The summed E-state index contributed by atoms with van der Waals surface area (Å²) in [7, 11) is 0. The largest absolute Gasteiger partial charge is 0.477 e. The third-order valence-corrected chi connectivity index (χ3v) is 5.60. The molecule has 0 unspecified atom stereocenters. The van der Waals surface area contributed by atoms with Gasteiger partial charge in [0.25, 0.3) is 5.56 Å². The molecule has 0 aliphatic heterocycles. The van der Waals surface area contributed by atoms with Gasteiger partial charge in [0.1, 0.15) is 17.3 Å². The summed E-state index contributed by atoms with van der Waals surface area (Å²) < 4.78 is 30.8. The van der Waals surface area contributed by atoms with Crippen molar-refractivity contribution in [3.63, 3.8) is 0 Å². The number of carboxylic acid groups (broad SMARTS) is 1. The molecule has 0 spiro atoms. The highest BCUT2D eigenvalue weighted by molar-refractivity contribution is 6.18. The van der Waals surface area contributed by atoms with Gasteiger partial charge >= 0.3 is 5.97 Å². The van der Waals surface area contributed by atoms with E-state index in [1.54, 1.807) is 42.5 Å². The number of rotatable bonds is 4. The molecule has 2 aromatic heterocycles. The molecule has 0 aliphatic rings. The minimum atomic E-state index is -1.31. The van der Waals surface area contributed by atoms with Gasteiger partial charge in [-0.1, -0.05) is 42.5 Å². The quantitative estimate of drug-likeness (QED) is 0.413. The Balaban J connectivity index is 1.99. The Labute approximate surface area is 180 Å². The zero-order valence-electron chi connectivity index (χ0n) is 16.6. The number of halogens is 2. The van der Waals surface area contributed by atoms with Crippen LogP contribution < -0.4 is 5.56 Å². The molecule has 0 amide bonds. The van der Waals surface area contributed by atoms with Crippen LogP contribution in [0, 0.1) is 11.6 Å². The second-order valence-electron chi connectivity index (χ2n) is 7.42. The lowest BCUT2D eigenvalue weighted by molar-refractivity contribution is 0.0687. The zero-order valence-corrected chi connectivity index (χ0v) is 16.6. The number of aromatic carboxylic acids is 1. The molecule has 0 saturated carbocycles. The fourth-order valence-electron chi connectivity index (χ4n) is 4.23. The average Bonchev–Trinajstić information content (AvgIpc) is 3.10. The number of hydrogen-bond donors (Lipinski definition) is 2. The standard InChI is InChI=1S/C25H16F2N2O3/c26-18-10-4-1-6-14(18)13-29-20-12-19(27)15-7-2-3-8-16(15)21(20)22(23(29)25(31)32)17-9-5-11-28-24(17)30/h1-12H,13H2,(H,28,30)(H,31,32). The molecule has 0 atom stereocenters. The van der Waals surface area contributed by atoms with E-state index < -0.39 is 23.2 Å². The number of H-pyrrole nitrogens is 1. The van der Waals surface area contributed by atoms with E-state index in [0.29, 0.717) is 16.2 Å². The summed E-state index contributed by atoms with van der Waals surface area (Å²) in [6, 6.07) is 17.0. The molecular formula is C25H16F2N2O3. The molecule has 0 radical (unpaired) electrons. The van der Waals surface area contributed by atoms with Gasteiger partial charge in [-0.25, -0.2) is 13.6 Å². The summed E-state index contributed by atoms with van der Waals surface area (Å²) in [5.41, 5.74) is 0.124. The lowest BCUT2D eigenvalue weighted by Gasteiger charge is -2.10. The predicted molar refractivity (Wildman–Crippen MR) is 118 cm³/mol. The van der Waals surface area contributed by atoms with Crippen molar-refractivity contribution in [1.82, 2.24) is 9.55 Å². The van der Waals surface area contributed by atoms with Crippen molar-refractivity contribution in [1.29, 1.82) is 0 Å². The molecular weight excluding hydrogens is 414 g/mol. The number of aromatic amines is 1. The molecule has 5 aromatic rings. The van der Waals surface area contributed by atoms with Crippen molar-refractivity contribution in [3.05, 3.63) is 106 Å². The number of aromatic nitrogens is 2. The highest BCUT2D eigenvalue weighted by Crippen LogP contribution is 2.39. The first-order chi connectivity index (χ1) is 15.5. The Bertz CT molecular complexity index is 1580. The Morgan fingerprint density at radius 3 is 2.38 bits per heavy atom. The SMILES string of the molecule is O=C(O)c1c(-c2ccc[nH]c2=O)c2c3ccccc3c(F)cc2n1Cc1ccccc1F. The Kier molecular flexibility index (Phi) is 4.59. The van der Waals surface area contributed by atoms with Crippen LogP contribution >= 0.6 is 0 Å². The van der Waals surface area contributed by atoms with E-state index in [-0.39, 0.29) is 34.4 Å². The van der Waals surface area contributed by atoms with Crippen LogP contribution in [0.5, 0.6) is 0 Å². The maximum Gasteiger partial charge on any atom is 0.353 e. The van der Waals surface area contributed by atoms with Crippen LogP contribution in [0.15, 0.2) is 77.7 Å². The molecule has 7 heteroatoms. The number of carbonyl (C=O) groups is 1. The number of pyridine rings is 1. The molecule has 3 aromatic carbocycles. The molecule has 0 saturated heterocycles. The second-order valence-corrected chi connectivity index (χ2v) is 7.42. The van der Waals surface area contributed by atoms with Crippen molar-refractivity contribution >= 4 is 27.6 Å². The summed E-state index contributed by atoms with van der Waals surface area (Å²) in [5, 5.41) is 11.4. The third kappa shape index (κ3) is 2.98. The van der Waals surface area contributed by atoms with E-state index >= 15 is 4.39 Å². The number of hydrogen-bond acceptors (Lipinski definition) is 2. The molecule has 2 heterocycles. The van der Waals surface area contributed by atoms with Crippen LogP contribution in [0.3, 0.4) is 0 Å². The van der Waals surface area contributed by atoms with E-state index in [9.17, 15) is 19.1 Å². The van der Waals surface area contributed by atoms with Gasteiger partial charge < -0.3 is 14.7 Å². The van der Waals surface area contributed by atoms with E-state index in [1.165, 1.54) is 35.0 Å². The van der Waals surface area contributed by atoms with Gasteiger partial charge in [-0.2, -0.15) is 0 Å². The van der Waals surface area contributed by atoms with Crippen molar-refractivity contribution in [2.45, 2.75) is 6.54 Å². The summed E-state index contributed by atoms with van der Waals surface area (Å²) >= 11 is 0. The highest BCUT2D eigenvalue weighted by atomic mass is 19.1. The normalized spacial score (nSPS) is 11.3. The van der Waals surface area contributed by atoms with Crippen LogP contribution in [0.25, 0.3) is 32.8 Å². The molecule has 32 heavy (non-hydrogen) atoms. The molecule has 5 nitrogen and oxygen atoms in total.